The van der Waals surface area contributed by atoms with E-state index in [2.05, 4.69) is 4.74 Å². The summed E-state index contributed by atoms with van der Waals surface area (Å²) < 4.78 is 4.40. The topological polar surface area (TPSA) is 117 Å². The molecule has 0 aromatic heterocycles. The summed E-state index contributed by atoms with van der Waals surface area (Å²) in [5.41, 5.74) is 6.26. The van der Waals surface area contributed by atoms with Crippen molar-refractivity contribution in [2.45, 2.75) is 18.6 Å². The molecular formula is C12H16N2O4. The van der Waals surface area contributed by atoms with Crippen LogP contribution in [0.25, 0.3) is 0 Å². The molecule has 18 heavy (non-hydrogen) atoms. The van der Waals surface area contributed by atoms with Gasteiger partial charge in [-0.1, -0.05) is 24.3 Å². The maximum Gasteiger partial charge on any atom is 0.308 e. The van der Waals surface area contributed by atoms with Crippen molar-refractivity contribution in [2.24, 2.45) is 5.73 Å². The lowest BCUT2D eigenvalue weighted by Gasteiger charge is -2.17. The van der Waals surface area contributed by atoms with Crippen molar-refractivity contribution in [3.05, 3.63) is 35.4 Å². The fourth-order valence-electron chi connectivity index (χ4n) is 1.45. The summed E-state index contributed by atoms with van der Waals surface area (Å²) in [5.74, 6) is -0.673. The average Bonchev–Trinajstić information content (AvgIpc) is 2.37. The Kier molecular flexibility index (Phi) is 4.82. The zero-order chi connectivity index (χ0) is 13.7. The summed E-state index contributed by atoms with van der Waals surface area (Å²) in [5, 5.41) is 26.7. The second-order valence-electron chi connectivity index (χ2n) is 3.83. The number of hydrogen-bond acceptors (Lipinski definition) is 5. The molecule has 1 rings (SSSR count). The number of nitrogens with two attached hydrogens (primary N) is 1. The van der Waals surface area contributed by atoms with Gasteiger partial charge in [-0.05, 0) is 5.56 Å². The Hall–Kier alpha value is -1.92. The second kappa shape index (κ2) is 6.13. The van der Waals surface area contributed by atoms with Crippen LogP contribution in [-0.4, -0.2) is 35.2 Å². The summed E-state index contributed by atoms with van der Waals surface area (Å²) >= 11 is 0. The van der Waals surface area contributed by atoms with Crippen molar-refractivity contribution in [3.8, 4) is 0 Å². The molecule has 0 aliphatic rings. The number of methoxy groups -OCH3 is 1. The van der Waals surface area contributed by atoms with Crippen molar-refractivity contribution in [3.63, 3.8) is 0 Å². The molecule has 0 saturated carbocycles. The predicted octanol–water partition coefficient (Wildman–Crippen LogP) is -0.0719. The van der Waals surface area contributed by atoms with Crippen LogP contribution in [-0.2, 0) is 9.53 Å². The van der Waals surface area contributed by atoms with Crippen LogP contribution in [0.3, 0.4) is 0 Å². The fourth-order valence-corrected chi connectivity index (χ4v) is 1.45. The monoisotopic (exact) mass is 252 g/mol. The lowest BCUT2D eigenvalue weighted by Crippen LogP contribution is -2.22. The summed E-state index contributed by atoms with van der Waals surface area (Å²) in [6.45, 7) is 0. The third-order valence-corrected chi connectivity index (χ3v) is 2.53. The van der Waals surface area contributed by atoms with Gasteiger partial charge in [0.05, 0.1) is 19.6 Å². The van der Waals surface area contributed by atoms with Gasteiger partial charge < -0.3 is 20.7 Å². The van der Waals surface area contributed by atoms with Gasteiger partial charge in [-0.2, -0.15) is 0 Å². The molecule has 0 fully saturated rings. The third-order valence-electron chi connectivity index (χ3n) is 2.53. The quantitative estimate of drug-likeness (QED) is 0.332. The van der Waals surface area contributed by atoms with Crippen LogP contribution >= 0.6 is 0 Å². The van der Waals surface area contributed by atoms with E-state index in [4.69, 9.17) is 11.1 Å². The van der Waals surface area contributed by atoms with Crippen LogP contribution in [0.2, 0.25) is 0 Å². The maximum atomic E-state index is 11.0. The first-order valence-corrected chi connectivity index (χ1v) is 5.33. The third kappa shape index (κ3) is 3.54. The molecule has 0 spiro atoms. The van der Waals surface area contributed by atoms with Gasteiger partial charge in [0, 0.05) is 5.56 Å². The number of hydrogen-bond donors (Lipinski definition) is 4. The summed E-state index contributed by atoms with van der Waals surface area (Å²) in [6.07, 6.45) is -2.71. The number of aliphatic hydroxyl groups is 2. The molecule has 6 nitrogen and oxygen atoms in total. The summed E-state index contributed by atoms with van der Waals surface area (Å²) in [6, 6.07) is 6.21. The van der Waals surface area contributed by atoms with Gasteiger partial charge in [0.25, 0.3) is 0 Å². The van der Waals surface area contributed by atoms with Crippen molar-refractivity contribution < 1.29 is 19.7 Å². The highest BCUT2D eigenvalue weighted by Gasteiger charge is 2.21. The van der Waals surface area contributed by atoms with Crippen molar-refractivity contribution >= 4 is 11.8 Å². The van der Waals surface area contributed by atoms with Crippen molar-refractivity contribution in [1.82, 2.24) is 0 Å². The number of carbonyl (C=O) groups is 1. The second-order valence-corrected chi connectivity index (χ2v) is 3.83. The Labute approximate surface area is 105 Å². The zero-order valence-electron chi connectivity index (χ0n) is 9.96. The lowest BCUT2D eigenvalue weighted by atomic mass is 10.0. The van der Waals surface area contributed by atoms with Gasteiger partial charge in [0.1, 0.15) is 11.9 Å². The number of nitrogens with one attached hydrogen (secondary N) is 1. The van der Waals surface area contributed by atoms with E-state index >= 15 is 0 Å². The van der Waals surface area contributed by atoms with Crippen molar-refractivity contribution in [1.29, 1.82) is 5.41 Å². The Bertz CT molecular complexity index is 430. The minimum Gasteiger partial charge on any atom is -0.469 e. The lowest BCUT2D eigenvalue weighted by molar-refractivity contribution is -0.144. The highest BCUT2D eigenvalue weighted by Crippen LogP contribution is 2.19. The fraction of sp³-hybridized carbons (Fsp3) is 0.333. The number of nitrogen functional groups attached to an aromatic ring is 1. The molecule has 0 radical (unpaired) electrons. The molecule has 6 heteroatoms. The predicted molar refractivity (Wildman–Crippen MR) is 65.1 cm³/mol. The molecule has 2 unspecified atom stereocenters. The molecule has 0 aliphatic heterocycles. The SMILES string of the molecule is COC(=O)CC(O)C(O)c1ccc(C(=N)N)cc1. The highest BCUT2D eigenvalue weighted by molar-refractivity contribution is 5.94. The van der Waals surface area contributed by atoms with Crippen LogP contribution < -0.4 is 5.73 Å². The smallest absolute Gasteiger partial charge is 0.308 e. The first-order chi connectivity index (χ1) is 8.45. The van der Waals surface area contributed by atoms with Gasteiger partial charge in [-0.25, -0.2) is 0 Å². The van der Waals surface area contributed by atoms with E-state index in [-0.39, 0.29) is 12.3 Å². The molecule has 0 heterocycles. The first kappa shape index (κ1) is 14.1. The molecule has 0 aliphatic carbocycles. The van der Waals surface area contributed by atoms with E-state index in [1.165, 1.54) is 7.11 Å². The molecule has 5 N–H and O–H groups in total. The van der Waals surface area contributed by atoms with Crippen LogP contribution in [0.15, 0.2) is 24.3 Å². The van der Waals surface area contributed by atoms with Crippen LogP contribution in [0.4, 0.5) is 0 Å². The number of amidine groups is 1. The Morgan fingerprint density at radius 2 is 1.94 bits per heavy atom. The number of benzene rings is 1. The van der Waals surface area contributed by atoms with Crippen LogP contribution in [0.5, 0.6) is 0 Å². The summed E-state index contributed by atoms with van der Waals surface area (Å²) in [4.78, 5) is 11.0. The molecule has 0 saturated heterocycles. The van der Waals surface area contributed by atoms with E-state index in [1.54, 1.807) is 24.3 Å². The highest BCUT2D eigenvalue weighted by atomic mass is 16.5. The molecule has 1 aromatic carbocycles. The van der Waals surface area contributed by atoms with Crippen LogP contribution in [0.1, 0.15) is 23.7 Å². The Morgan fingerprint density at radius 1 is 1.39 bits per heavy atom. The van der Waals surface area contributed by atoms with E-state index in [0.717, 1.165) is 0 Å². The summed E-state index contributed by atoms with van der Waals surface area (Å²) in [7, 11) is 1.21. The Balaban J connectivity index is 2.74. The maximum absolute atomic E-state index is 11.0. The van der Waals surface area contributed by atoms with E-state index in [1.807, 2.05) is 0 Å². The standard InChI is InChI=1S/C12H16N2O4/c1-18-10(16)6-9(15)11(17)7-2-4-8(5-3-7)12(13)14/h2-5,9,11,15,17H,6H2,1H3,(H3,13,14). The Morgan fingerprint density at radius 3 is 2.39 bits per heavy atom. The average molecular weight is 252 g/mol. The molecule has 1 aromatic rings. The van der Waals surface area contributed by atoms with Gasteiger partial charge in [0.15, 0.2) is 0 Å². The van der Waals surface area contributed by atoms with Crippen molar-refractivity contribution in [2.75, 3.05) is 7.11 Å². The molecule has 2 atom stereocenters. The first-order valence-electron chi connectivity index (χ1n) is 5.33. The number of ether oxygens (including phenoxy) is 1. The number of rotatable bonds is 5. The molecular weight excluding hydrogens is 236 g/mol. The van der Waals surface area contributed by atoms with E-state index in [0.29, 0.717) is 11.1 Å². The van der Waals surface area contributed by atoms with Gasteiger partial charge in [0.2, 0.25) is 0 Å². The minimum absolute atomic E-state index is 0.0776. The number of aliphatic hydroxyl groups excluding tert-OH is 2. The van der Waals surface area contributed by atoms with E-state index < -0.39 is 18.2 Å². The number of carbonyl (C=O) groups excluding carboxylic acids is 1. The van der Waals surface area contributed by atoms with Crippen LogP contribution in [0, 0.1) is 5.41 Å². The normalized spacial score (nSPS) is 13.7. The van der Waals surface area contributed by atoms with Gasteiger partial charge >= 0.3 is 5.97 Å². The number of esters is 1. The van der Waals surface area contributed by atoms with Gasteiger partial charge in [-0.3, -0.25) is 10.2 Å². The van der Waals surface area contributed by atoms with Gasteiger partial charge in [-0.15, -0.1) is 0 Å². The molecule has 98 valence electrons. The van der Waals surface area contributed by atoms with E-state index in [9.17, 15) is 15.0 Å². The minimum atomic E-state index is -1.24. The molecule has 0 amide bonds. The largest absolute Gasteiger partial charge is 0.469 e. The zero-order valence-corrected chi connectivity index (χ0v) is 9.96. The molecule has 0 bridgehead atoms.